The van der Waals surface area contributed by atoms with E-state index in [4.69, 9.17) is 16.1 Å². The first kappa shape index (κ1) is 17.7. The van der Waals surface area contributed by atoms with Crippen LogP contribution in [0, 0.1) is 0 Å². The summed E-state index contributed by atoms with van der Waals surface area (Å²) in [5, 5.41) is 6.38. The van der Waals surface area contributed by atoms with Gasteiger partial charge in [-0.1, -0.05) is 28.9 Å². The summed E-state index contributed by atoms with van der Waals surface area (Å²) in [5.41, 5.74) is 0. The van der Waals surface area contributed by atoms with Crippen LogP contribution in [0.3, 0.4) is 0 Å². The van der Waals surface area contributed by atoms with Gasteiger partial charge in [0.2, 0.25) is 21.7 Å². The van der Waals surface area contributed by atoms with Crippen LogP contribution >= 0.6 is 22.9 Å². The first-order chi connectivity index (χ1) is 12.5. The molecule has 0 bridgehead atoms. The molecule has 1 fully saturated rings. The van der Waals surface area contributed by atoms with E-state index in [9.17, 15) is 8.42 Å². The Morgan fingerprint density at radius 1 is 1.27 bits per heavy atom. The van der Waals surface area contributed by atoms with E-state index in [-0.39, 0.29) is 10.8 Å². The Morgan fingerprint density at radius 2 is 2.15 bits per heavy atom. The molecule has 0 amide bonds. The zero-order valence-corrected chi connectivity index (χ0v) is 16.1. The summed E-state index contributed by atoms with van der Waals surface area (Å²) in [6, 6.07) is 10.2. The Kier molecular flexibility index (Phi) is 4.83. The molecule has 0 aliphatic carbocycles. The molecule has 0 saturated carbocycles. The van der Waals surface area contributed by atoms with E-state index in [0.29, 0.717) is 29.8 Å². The van der Waals surface area contributed by atoms with E-state index in [0.717, 1.165) is 17.7 Å². The van der Waals surface area contributed by atoms with Crippen LogP contribution < -0.4 is 0 Å². The van der Waals surface area contributed by atoms with E-state index >= 15 is 0 Å². The number of thiophene rings is 1. The smallest absolute Gasteiger partial charge is 0.243 e. The number of hydrogen-bond donors (Lipinski definition) is 0. The largest absolute Gasteiger partial charge is 0.339 e. The molecule has 2 aromatic heterocycles. The monoisotopic (exact) mass is 409 g/mol. The van der Waals surface area contributed by atoms with Gasteiger partial charge in [-0.15, -0.1) is 11.3 Å². The zero-order chi connectivity index (χ0) is 18.1. The van der Waals surface area contributed by atoms with Crippen LogP contribution in [0.4, 0.5) is 0 Å². The Labute approximate surface area is 160 Å². The molecule has 4 rings (SSSR count). The highest BCUT2D eigenvalue weighted by Crippen LogP contribution is 2.31. The topological polar surface area (TPSA) is 76.3 Å². The molecule has 1 aromatic carbocycles. The average molecular weight is 410 g/mol. The minimum Gasteiger partial charge on any atom is -0.339 e. The molecule has 136 valence electrons. The third kappa shape index (κ3) is 3.42. The van der Waals surface area contributed by atoms with Crippen molar-refractivity contribution in [2.45, 2.75) is 23.7 Å². The van der Waals surface area contributed by atoms with E-state index in [2.05, 4.69) is 10.1 Å². The quantitative estimate of drug-likeness (QED) is 0.650. The maximum Gasteiger partial charge on any atom is 0.243 e. The van der Waals surface area contributed by atoms with Gasteiger partial charge in [-0.2, -0.15) is 9.29 Å². The zero-order valence-electron chi connectivity index (χ0n) is 13.7. The number of hydrogen-bond acceptors (Lipinski definition) is 6. The molecule has 0 spiro atoms. The van der Waals surface area contributed by atoms with E-state index < -0.39 is 10.0 Å². The lowest BCUT2D eigenvalue weighted by molar-refractivity contribution is 0.265. The second kappa shape index (κ2) is 7.11. The molecule has 0 unspecified atom stereocenters. The molecule has 3 aromatic rings. The fourth-order valence-corrected chi connectivity index (χ4v) is 5.52. The van der Waals surface area contributed by atoms with Gasteiger partial charge in [-0.05, 0) is 42.5 Å². The van der Waals surface area contributed by atoms with Crippen molar-refractivity contribution < 1.29 is 12.9 Å². The molecule has 26 heavy (non-hydrogen) atoms. The van der Waals surface area contributed by atoms with Crippen LogP contribution in [0.1, 0.15) is 24.7 Å². The lowest BCUT2D eigenvalue weighted by Crippen LogP contribution is -2.39. The van der Waals surface area contributed by atoms with Gasteiger partial charge < -0.3 is 4.52 Å². The van der Waals surface area contributed by atoms with Crippen LogP contribution in [0.5, 0.6) is 0 Å². The summed E-state index contributed by atoms with van der Waals surface area (Å²) in [4.78, 5) is 5.60. The Balaban J connectivity index is 1.56. The number of rotatable bonds is 4. The summed E-state index contributed by atoms with van der Waals surface area (Å²) in [7, 11) is -3.60. The van der Waals surface area contributed by atoms with Crippen LogP contribution in [0.25, 0.3) is 10.7 Å². The molecule has 6 nitrogen and oxygen atoms in total. The molecule has 0 N–H and O–H groups in total. The molecule has 9 heteroatoms. The minimum atomic E-state index is -3.60. The van der Waals surface area contributed by atoms with Gasteiger partial charge in [0, 0.05) is 18.1 Å². The number of halogens is 1. The Morgan fingerprint density at radius 3 is 2.92 bits per heavy atom. The van der Waals surface area contributed by atoms with Crippen LogP contribution in [-0.4, -0.2) is 36.0 Å². The average Bonchev–Trinajstić information content (AvgIpc) is 3.33. The van der Waals surface area contributed by atoms with Crippen molar-refractivity contribution in [3.63, 3.8) is 0 Å². The third-order valence-corrected chi connectivity index (χ3v) is 7.31. The van der Waals surface area contributed by atoms with Crippen molar-refractivity contribution in [2.75, 3.05) is 13.1 Å². The van der Waals surface area contributed by atoms with Gasteiger partial charge in [0.1, 0.15) is 0 Å². The van der Waals surface area contributed by atoms with Crippen LogP contribution in [0.2, 0.25) is 5.02 Å². The second-order valence-electron chi connectivity index (χ2n) is 6.09. The molecule has 1 saturated heterocycles. The predicted octanol–water partition coefficient (Wildman–Crippen LogP) is 4.02. The number of aromatic nitrogens is 2. The SMILES string of the molecule is O=S(=O)(c1cccc(Cl)c1)N1CCC[C@H](c2nc(-c3cccs3)no2)C1. The van der Waals surface area contributed by atoms with Crippen molar-refractivity contribution in [3.05, 3.63) is 52.7 Å². The third-order valence-electron chi connectivity index (χ3n) is 4.35. The first-order valence-electron chi connectivity index (χ1n) is 8.17. The van der Waals surface area contributed by atoms with Gasteiger partial charge in [-0.25, -0.2) is 8.42 Å². The highest BCUT2D eigenvalue weighted by atomic mass is 35.5. The molecule has 0 radical (unpaired) electrons. The van der Waals surface area contributed by atoms with Gasteiger partial charge in [0.15, 0.2) is 0 Å². The number of sulfonamides is 1. The summed E-state index contributed by atoms with van der Waals surface area (Å²) >= 11 is 7.49. The normalized spacial score (nSPS) is 18.9. The fourth-order valence-electron chi connectivity index (χ4n) is 3.05. The van der Waals surface area contributed by atoms with Gasteiger partial charge in [0.25, 0.3) is 0 Å². The summed E-state index contributed by atoms with van der Waals surface area (Å²) < 4.78 is 32.7. The van der Waals surface area contributed by atoms with Crippen molar-refractivity contribution >= 4 is 33.0 Å². The van der Waals surface area contributed by atoms with Crippen LogP contribution in [-0.2, 0) is 10.0 Å². The second-order valence-corrected chi connectivity index (χ2v) is 9.42. The maximum atomic E-state index is 12.9. The molecule has 1 aliphatic rings. The Bertz CT molecular complexity index is 1000. The van der Waals surface area contributed by atoms with E-state index in [1.165, 1.54) is 21.7 Å². The van der Waals surface area contributed by atoms with Crippen molar-refractivity contribution in [1.82, 2.24) is 14.4 Å². The minimum absolute atomic E-state index is 0.112. The number of piperidine rings is 1. The molecular weight excluding hydrogens is 394 g/mol. The highest BCUT2D eigenvalue weighted by Gasteiger charge is 2.33. The first-order valence-corrected chi connectivity index (χ1v) is 10.9. The lowest BCUT2D eigenvalue weighted by atomic mass is 10.00. The number of nitrogens with zero attached hydrogens (tertiary/aromatic N) is 3. The van der Waals surface area contributed by atoms with E-state index in [1.807, 2.05) is 17.5 Å². The number of benzene rings is 1. The molecule has 3 heterocycles. The standard InChI is InChI=1S/C17H16ClN3O3S2/c18-13-5-1-6-14(10-13)26(22,23)21-8-2-4-12(11-21)17-19-16(20-24-17)15-7-3-9-25-15/h1,3,5-7,9-10,12H,2,4,8,11H2/t12-/m0/s1. The summed E-state index contributed by atoms with van der Waals surface area (Å²) in [6.45, 7) is 0.790. The van der Waals surface area contributed by atoms with Crippen molar-refractivity contribution in [3.8, 4) is 10.7 Å². The Hall–Kier alpha value is -1.74. The van der Waals surface area contributed by atoms with Crippen LogP contribution in [0.15, 0.2) is 51.2 Å². The van der Waals surface area contributed by atoms with Crippen molar-refractivity contribution in [2.24, 2.45) is 0 Å². The van der Waals surface area contributed by atoms with Gasteiger partial charge in [0.05, 0.1) is 15.7 Å². The summed E-state index contributed by atoms with van der Waals surface area (Å²) in [5.74, 6) is 0.920. The maximum absolute atomic E-state index is 12.9. The fraction of sp³-hybridized carbons (Fsp3) is 0.294. The van der Waals surface area contributed by atoms with Gasteiger partial charge >= 0.3 is 0 Å². The highest BCUT2D eigenvalue weighted by molar-refractivity contribution is 7.89. The van der Waals surface area contributed by atoms with E-state index in [1.54, 1.807) is 18.2 Å². The summed E-state index contributed by atoms with van der Waals surface area (Å²) in [6.07, 6.45) is 1.55. The lowest BCUT2D eigenvalue weighted by Gasteiger charge is -2.30. The van der Waals surface area contributed by atoms with Crippen molar-refractivity contribution in [1.29, 1.82) is 0 Å². The van der Waals surface area contributed by atoms with Gasteiger partial charge in [-0.3, -0.25) is 0 Å². The molecule has 1 atom stereocenters. The molecule has 1 aliphatic heterocycles. The molecular formula is C17H16ClN3O3S2. The predicted molar refractivity (Wildman–Crippen MR) is 99.8 cm³/mol.